The molecule has 3 N–H and O–H groups in total. The van der Waals surface area contributed by atoms with Gasteiger partial charge in [-0.25, -0.2) is 4.99 Å². The molecule has 0 saturated heterocycles. The van der Waals surface area contributed by atoms with Gasteiger partial charge in [0.05, 0.1) is 28.8 Å². The molecule has 0 radical (unpaired) electrons. The van der Waals surface area contributed by atoms with E-state index < -0.39 is 0 Å². The molecule has 1 atom stereocenters. The summed E-state index contributed by atoms with van der Waals surface area (Å²) in [5.74, 6) is 0. The standard InChI is InChI=1S/C36H29N5/c1-5-14-26(15-6-1)37-30-22-13-23-34-36(30)40-33-24-31(38-27-16-7-2-8-17-27)32(39-28-18-9-3-10-19-28)25-35(33)41(34)29-20-11-4-12-21-29/h1-25,32,37-39H. The number of allylic oxidation sites excluding steroid dienone is 1. The van der Waals surface area contributed by atoms with Gasteiger partial charge in [0.25, 0.3) is 0 Å². The Hall–Kier alpha value is -5.55. The summed E-state index contributed by atoms with van der Waals surface area (Å²) in [5.41, 5.74) is 10.0. The van der Waals surface area contributed by atoms with E-state index in [-0.39, 0.29) is 6.04 Å². The molecular weight excluding hydrogens is 502 g/mol. The van der Waals surface area contributed by atoms with E-state index in [9.17, 15) is 0 Å². The van der Waals surface area contributed by atoms with Crippen molar-refractivity contribution in [3.05, 3.63) is 163 Å². The van der Waals surface area contributed by atoms with Crippen LogP contribution in [0.25, 0.3) is 0 Å². The Balaban J connectivity index is 1.37. The maximum Gasteiger partial charge on any atom is 0.111 e. The lowest BCUT2D eigenvalue weighted by atomic mass is 9.97. The molecule has 5 aromatic rings. The predicted molar refractivity (Wildman–Crippen MR) is 172 cm³/mol. The van der Waals surface area contributed by atoms with E-state index in [1.807, 2.05) is 60.7 Å². The first-order chi connectivity index (χ1) is 20.3. The van der Waals surface area contributed by atoms with E-state index in [0.29, 0.717) is 0 Å². The molecule has 0 spiro atoms. The molecule has 2 aliphatic rings. The van der Waals surface area contributed by atoms with Crippen LogP contribution in [0.1, 0.15) is 0 Å². The number of para-hydroxylation sites is 5. The third kappa shape index (κ3) is 5.09. The minimum Gasteiger partial charge on any atom is -0.373 e. The van der Waals surface area contributed by atoms with Crippen LogP contribution in [-0.4, -0.2) is 11.8 Å². The lowest BCUT2D eigenvalue weighted by molar-refractivity contribution is 0.991. The van der Waals surface area contributed by atoms with E-state index in [1.165, 1.54) is 0 Å². The SMILES string of the molecule is C1=C(Nc2ccccc2)C(Nc2ccccc2)C=C2C1=Nc1c(Nc3ccccc3)cccc1N2c1ccccc1. The van der Waals surface area contributed by atoms with Gasteiger partial charge in [0, 0.05) is 28.4 Å². The Bertz CT molecular complexity index is 1740. The highest BCUT2D eigenvalue weighted by atomic mass is 15.2. The summed E-state index contributed by atoms with van der Waals surface area (Å²) in [6, 6.07) is 47.5. The molecule has 0 amide bonds. The topological polar surface area (TPSA) is 51.7 Å². The maximum absolute atomic E-state index is 5.27. The smallest absolute Gasteiger partial charge is 0.111 e. The van der Waals surface area contributed by atoms with Crippen molar-refractivity contribution < 1.29 is 0 Å². The monoisotopic (exact) mass is 531 g/mol. The molecule has 0 aromatic heterocycles. The third-order valence-corrected chi connectivity index (χ3v) is 7.17. The van der Waals surface area contributed by atoms with Crippen LogP contribution in [-0.2, 0) is 0 Å². The molecule has 41 heavy (non-hydrogen) atoms. The normalized spacial score (nSPS) is 15.5. The third-order valence-electron chi connectivity index (χ3n) is 7.17. The highest BCUT2D eigenvalue weighted by Gasteiger charge is 2.32. The number of hydrogen-bond acceptors (Lipinski definition) is 5. The van der Waals surface area contributed by atoms with Crippen LogP contribution in [0.3, 0.4) is 0 Å². The summed E-state index contributed by atoms with van der Waals surface area (Å²) < 4.78 is 0. The number of aliphatic imine (C=N–C) groups is 1. The van der Waals surface area contributed by atoms with Crippen molar-refractivity contribution in [2.75, 3.05) is 20.9 Å². The van der Waals surface area contributed by atoms with Gasteiger partial charge in [0.15, 0.2) is 0 Å². The number of nitrogens with zero attached hydrogens (tertiary/aromatic N) is 2. The van der Waals surface area contributed by atoms with Crippen molar-refractivity contribution in [2.45, 2.75) is 6.04 Å². The molecule has 7 rings (SSSR count). The van der Waals surface area contributed by atoms with Gasteiger partial charge in [0.1, 0.15) is 5.69 Å². The molecule has 5 nitrogen and oxygen atoms in total. The first kappa shape index (κ1) is 24.5. The molecule has 1 unspecified atom stereocenters. The summed E-state index contributed by atoms with van der Waals surface area (Å²) >= 11 is 0. The molecule has 5 aromatic carbocycles. The van der Waals surface area contributed by atoms with Crippen molar-refractivity contribution >= 4 is 45.5 Å². The molecule has 1 aliphatic heterocycles. The minimum absolute atomic E-state index is 0.107. The van der Waals surface area contributed by atoms with Crippen LogP contribution >= 0.6 is 0 Å². The summed E-state index contributed by atoms with van der Waals surface area (Å²) in [5, 5.41) is 11.0. The Morgan fingerprint density at radius 2 is 1.15 bits per heavy atom. The molecular formula is C36H29N5. The van der Waals surface area contributed by atoms with Crippen LogP contribution in [0.2, 0.25) is 0 Å². The molecule has 0 fully saturated rings. The van der Waals surface area contributed by atoms with E-state index in [4.69, 9.17) is 4.99 Å². The zero-order valence-corrected chi connectivity index (χ0v) is 22.4. The highest BCUT2D eigenvalue weighted by molar-refractivity contribution is 6.18. The second-order valence-corrected chi connectivity index (χ2v) is 9.96. The lowest BCUT2D eigenvalue weighted by Crippen LogP contribution is -2.35. The molecule has 1 aliphatic carbocycles. The Kier molecular flexibility index (Phi) is 6.51. The van der Waals surface area contributed by atoms with Crippen molar-refractivity contribution in [1.82, 2.24) is 0 Å². The zero-order chi connectivity index (χ0) is 27.4. The lowest BCUT2D eigenvalue weighted by Gasteiger charge is -2.37. The van der Waals surface area contributed by atoms with E-state index in [1.54, 1.807) is 0 Å². The van der Waals surface area contributed by atoms with Gasteiger partial charge < -0.3 is 20.9 Å². The van der Waals surface area contributed by atoms with Crippen LogP contribution < -0.4 is 20.9 Å². The molecule has 1 heterocycles. The van der Waals surface area contributed by atoms with Gasteiger partial charge in [0.2, 0.25) is 0 Å². The van der Waals surface area contributed by atoms with E-state index >= 15 is 0 Å². The Morgan fingerprint density at radius 1 is 0.561 bits per heavy atom. The molecule has 0 bridgehead atoms. The van der Waals surface area contributed by atoms with Gasteiger partial charge in [-0.2, -0.15) is 0 Å². The van der Waals surface area contributed by atoms with Crippen LogP contribution in [0, 0.1) is 0 Å². The summed E-state index contributed by atoms with van der Waals surface area (Å²) in [7, 11) is 0. The fourth-order valence-corrected chi connectivity index (χ4v) is 5.27. The van der Waals surface area contributed by atoms with Crippen LogP contribution in [0.5, 0.6) is 0 Å². The van der Waals surface area contributed by atoms with Crippen molar-refractivity contribution in [3.8, 4) is 0 Å². The maximum atomic E-state index is 5.27. The first-order valence-corrected chi connectivity index (χ1v) is 13.8. The summed E-state index contributed by atoms with van der Waals surface area (Å²) in [4.78, 5) is 7.58. The molecule has 5 heteroatoms. The number of fused-ring (bicyclic) bond motifs is 2. The highest BCUT2D eigenvalue weighted by Crippen LogP contribution is 2.47. The number of anilines is 6. The minimum atomic E-state index is -0.107. The first-order valence-electron chi connectivity index (χ1n) is 13.8. The predicted octanol–water partition coefficient (Wildman–Crippen LogP) is 9.03. The number of hydrogen-bond donors (Lipinski definition) is 3. The van der Waals surface area contributed by atoms with Crippen LogP contribution in [0.15, 0.2) is 168 Å². The van der Waals surface area contributed by atoms with Crippen LogP contribution in [0.4, 0.5) is 39.8 Å². The van der Waals surface area contributed by atoms with Crippen molar-refractivity contribution in [3.63, 3.8) is 0 Å². The fraction of sp³-hybridized carbons (Fsp3) is 0.0278. The van der Waals surface area contributed by atoms with Gasteiger partial charge in [-0.05, 0) is 72.8 Å². The van der Waals surface area contributed by atoms with Gasteiger partial charge in [-0.3, -0.25) is 0 Å². The second-order valence-electron chi connectivity index (χ2n) is 9.96. The zero-order valence-electron chi connectivity index (χ0n) is 22.4. The van der Waals surface area contributed by atoms with Gasteiger partial charge >= 0.3 is 0 Å². The quantitative estimate of drug-likeness (QED) is 0.196. The number of benzene rings is 5. The number of nitrogens with one attached hydrogen (secondary N) is 3. The van der Waals surface area contributed by atoms with E-state index in [2.05, 4.69) is 112 Å². The summed E-state index contributed by atoms with van der Waals surface area (Å²) in [6.45, 7) is 0. The van der Waals surface area contributed by atoms with Gasteiger partial charge in [-0.1, -0.05) is 78.9 Å². The molecule has 198 valence electrons. The Morgan fingerprint density at radius 3 is 1.80 bits per heavy atom. The average molecular weight is 532 g/mol. The average Bonchev–Trinajstić information content (AvgIpc) is 3.03. The summed E-state index contributed by atoms with van der Waals surface area (Å²) in [6.07, 6.45) is 4.44. The van der Waals surface area contributed by atoms with Crippen molar-refractivity contribution in [1.29, 1.82) is 0 Å². The number of rotatable bonds is 7. The Labute approximate surface area is 240 Å². The van der Waals surface area contributed by atoms with E-state index in [0.717, 1.165) is 56.9 Å². The van der Waals surface area contributed by atoms with Gasteiger partial charge in [-0.15, -0.1) is 0 Å². The second kappa shape index (κ2) is 10.9. The molecule has 0 saturated carbocycles. The van der Waals surface area contributed by atoms with Crippen molar-refractivity contribution in [2.24, 2.45) is 4.99 Å². The largest absolute Gasteiger partial charge is 0.373 e. The fourth-order valence-electron chi connectivity index (χ4n) is 5.27.